The van der Waals surface area contributed by atoms with Crippen LogP contribution in [0.4, 0.5) is 5.95 Å². The topological polar surface area (TPSA) is 58.1 Å². The normalized spacial score (nSPS) is 19.5. The number of piperidine rings is 1. The summed E-state index contributed by atoms with van der Waals surface area (Å²) >= 11 is 0. The molecule has 0 unspecified atom stereocenters. The Hall–Kier alpha value is -2.69. The number of nitrogens with one attached hydrogen (secondary N) is 1. The Bertz CT molecular complexity index is 832. The minimum atomic E-state index is 0.0153. The van der Waals surface area contributed by atoms with Crippen molar-refractivity contribution in [2.45, 2.75) is 44.9 Å². The van der Waals surface area contributed by atoms with Crippen LogP contribution in [-0.4, -0.2) is 35.5 Å². The molecule has 2 aromatic rings. The van der Waals surface area contributed by atoms with Gasteiger partial charge in [0, 0.05) is 37.6 Å². The van der Waals surface area contributed by atoms with Gasteiger partial charge in [-0.15, -0.1) is 0 Å². The minimum absolute atomic E-state index is 0.0153. The standard InChI is InChI=1S/C24H30N4O/c29-23(25-14-13-19-8-3-1-4-9-19)21-12-7-15-28(18-21)24-26-16-22(17-27-24)20-10-5-2-6-11-20/h2,5-6,8,10-11,16-17,21H,1,3-4,7,9,12-15,18H2,(H,25,29)/t21-/m1/s1. The summed E-state index contributed by atoms with van der Waals surface area (Å²) in [6.45, 7) is 2.35. The van der Waals surface area contributed by atoms with Gasteiger partial charge in [0.15, 0.2) is 0 Å². The molecule has 1 fully saturated rings. The quantitative estimate of drug-likeness (QED) is 0.744. The highest BCUT2D eigenvalue weighted by molar-refractivity contribution is 5.79. The molecule has 1 aromatic heterocycles. The van der Waals surface area contributed by atoms with Crippen molar-refractivity contribution in [3.63, 3.8) is 0 Å². The predicted molar refractivity (Wildman–Crippen MR) is 117 cm³/mol. The van der Waals surface area contributed by atoms with E-state index in [9.17, 15) is 4.79 Å². The maximum atomic E-state index is 12.7. The van der Waals surface area contributed by atoms with E-state index in [1.165, 1.54) is 31.3 Å². The summed E-state index contributed by atoms with van der Waals surface area (Å²) in [5, 5.41) is 3.16. The van der Waals surface area contributed by atoms with Gasteiger partial charge >= 0.3 is 0 Å². The molecule has 2 heterocycles. The third kappa shape index (κ3) is 5.22. The van der Waals surface area contributed by atoms with Crippen LogP contribution >= 0.6 is 0 Å². The smallest absolute Gasteiger partial charge is 0.225 e. The first-order chi connectivity index (χ1) is 14.3. The Morgan fingerprint density at radius 2 is 1.90 bits per heavy atom. The zero-order valence-corrected chi connectivity index (χ0v) is 17.0. The highest BCUT2D eigenvalue weighted by Crippen LogP contribution is 2.23. The second-order valence-corrected chi connectivity index (χ2v) is 8.07. The Morgan fingerprint density at radius 1 is 1.07 bits per heavy atom. The van der Waals surface area contributed by atoms with Crippen molar-refractivity contribution < 1.29 is 4.79 Å². The van der Waals surface area contributed by atoms with Crippen LogP contribution in [0.3, 0.4) is 0 Å². The number of nitrogens with zero attached hydrogens (tertiary/aromatic N) is 3. The van der Waals surface area contributed by atoms with E-state index < -0.39 is 0 Å². The van der Waals surface area contributed by atoms with Gasteiger partial charge < -0.3 is 10.2 Å². The second kappa shape index (κ2) is 9.68. The molecular formula is C24H30N4O. The summed E-state index contributed by atoms with van der Waals surface area (Å²) in [5.74, 6) is 0.906. The van der Waals surface area contributed by atoms with E-state index in [0.717, 1.165) is 49.4 Å². The molecule has 1 atom stereocenters. The van der Waals surface area contributed by atoms with Gasteiger partial charge in [-0.05, 0) is 50.5 Å². The van der Waals surface area contributed by atoms with Crippen molar-refractivity contribution >= 4 is 11.9 Å². The molecule has 0 saturated carbocycles. The molecule has 5 heteroatoms. The van der Waals surface area contributed by atoms with E-state index in [-0.39, 0.29) is 11.8 Å². The Morgan fingerprint density at radius 3 is 2.66 bits per heavy atom. The van der Waals surface area contributed by atoms with Crippen LogP contribution < -0.4 is 10.2 Å². The molecule has 152 valence electrons. The summed E-state index contributed by atoms with van der Waals surface area (Å²) in [4.78, 5) is 23.9. The van der Waals surface area contributed by atoms with Crippen molar-refractivity contribution in [3.05, 3.63) is 54.4 Å². The number of carbonyl (C=O) groups is 1. The van der Waals surface area contributed by atoms with Crippen LogP contribution in [0.2, 0.25) is 0 Å². The number of anilines is 1. The van der Waals surface area contributed by atoms with Gasteiger partial charge in [-0.1, -0.05) is 42.0 Å². The first-order valence-corrected chi connectivity index (χ1v) is 10.9. The van der Waals surface area contributed by atoms with Gasteiger partial charge in [0.05, 0.1) is 5.92 Å². The van der Waals surface area contributed by atoms with Gasteiger partial charge in [-0.25, -0.2) is 9.97 Å². The first kappa shape index (κ1) is 19.6. The number of hydrogen-bond donors (Lipinski definition) is 1. The van der Waals surface area contributed by atoms with Gasteiger partial charge in [0.1, 0.15) is 0 Å². The van der Waals surface area contributed by atoms with Crippen molar-refractivity contribution in [1.29, 1.82) is 0 Å². The molecule has 1 aliphatic carbocycles. The highest BCUT2D eigenvalue weighted by atomic mass is 16.1. The summed E-state index contributed by atoms with van der Waals surface area (Å²) in [7, 11) is 0. The summed E-state index contributed by atoms with van der Waals surface area (Å²) in [5.41, 5.74) is 3.63. The lowest BCUT2D eigenvalue weighted by Crippen LogP contribution is -2.44. The lowest BCUT2D eigenvalue weighted by Gasteiger charge is -2.32. The molecule has 2 aliphatic rings. The van der Waals surface area contributed by atoms with Crippen LogP contribution in [0, 0.1) is 5.92 Å². The van der Waals surface area contributed by atoms with Gasteiger partial charge in [0.25, 0.3) is 0 Å². The van der Waals surface area contributed by atoms with Crippen LogP contribution in [0.5, 0.6) is 0 Å². The maximum absolute atomic E-state index is 12.7. The number of amides is 1. The largest absolute Gasteiger partial charge is 0.355 e. The average Bonchev–Trinajstić information content (AvgIpc) is 2.80. The molecule has 4 rings (SSSR count). The van der Waals surface area contributed by atoms with E-state index in [2.05, 4.69) is 38.4 Å². The van der Waals surface area contributed by atoms with Gasteiger partial charge in [0.2, 0.25) is 11.9 Å². The molecule has 1 aliphatic heterocycles. The van der Waals surface area contributed by atoms with Crippen molar-refractivity contribution in [1.82, 2.24) is 15.3 Å². The summed E-state index contributed by atoms with van der Waals surface area (Å²) < 4.78 is 0. The average molecular weight is 391 g/mol. The molecule has 0 bridgehead atoms. The lowest BCUT2D eigenvalue weighted by atomic mass is 9.96. The van der Waals surface area contributed by atoms with Crippen molar-refractivity contribution in [2.24, 2.45) is 5.92 Å². The summed E-state index contributed by atoms with van der Waals surface area (Å²) in [6.07, 6.45) is 14.0. The highest BCUT2D eigenvalue weighted by Gasteiger charge is 2.27. The number of aromatic nitrogens is 2. The fraction of sp³-hybridized carbons (Fsp3) is 0.458. The molecule has 0 spiro atoms. The SMILES string of the molecule is O=C(NCCC1=CCCCC1)[C@@H]1CCCN(c2ncc(-c3ccccc3)cn2)C1. The minimum Gasteiger partial charge on any atom is -0.355 e. The first-order valence-electron chi connectivity index (χ1n) is 10.9. The number of carbonyl (C=O) groups excluding carboxylic acids is 1. The van der Waals surface area contributed by atoms with Crippen LogP contribution in [0.25, 0.3) is 11.1 Å². The zero-order valence-electron chi connectivity index (χ0n) is 17.0. The maximum Gasteiger partial charge on any atom is 0.225 e. The van der Waals surface area contributed by atoms with Crippen LogP contribution in [-0.2, 0) is 4.79 Å². The molecule has 1 aromatic carbocycles. The number of allylic oxidation sites excluding steroid dienone is 1. The summed E-state index contributed by atoms with van der Waals surface area (Å²) in [6, 6.07) is 10.2. The van der Waals surface area contributed by atoms with E-state index in [1.54, 1.807) is 0 Å². The fourth-order valence-corrected chi connectivity index (χ4v) is 4.26. The van der Waals surface area contributed by atoms with E-state index >= 15 is 0 Å². The molecule has 0 radical (unpaired) electrons. The second-order valence-electron chi connectivity index (χ2n) is 8.07. The molecule has 29 heavy (non-hydrogen) atoms. The Labute approximate surface area is 173 Å². The monoisotopic (exact) mass is 390 g/mol. The predicted octanol–water partition coefficient (Wildman–Crippen LogP) is 4.37. The van der Waals surface area contributed by atoms with E-state index in [1.807, 2.05) is 30.6 Å². The molecule has 5 nitrogen and oxygen atoms in total. The molecule has 1 N–H and O–H groups in total. The third-order valence-electron chi connectivity index (χ3n) is 5.95. The van der Waals surface area contributed by atoms with E-state index in [0.29, 0.717) is 6.54 Å². The van der Waals surface area contributed by atoms with Gasteiger partial charge in [-0.2, -0.15) is 0 Å². The van der Waals surface area contributed by atoms with Gasteiger partial charge in [-0.3, -0.25) is 4.79 Å². The number of benzene rings is 1. The number of hydrogen-bond acceptors (Lipinski definition) is 4. The Kier molecular flexibility index (Phi) is 6.55. The third-order valence-corrected chi connectivity index (χ3v) is 5.95. The van der Waals surface area contributed by atoms with Crippen molar-refractivity contribution in [3.8, 4) is 11.1 Å². The lowest BCUT2D eigenvalue weighted by molar-refractivity contribution is -0.125. The Balaban J connectivity index is 1.30. The van der Waals surface area contributed by atoms with Crippen LogP contribution in [0.15, 0.2) is 54.4 Å². The number of rotatable bonds is 6. The molecule has 1 saturated heterocycles. The van der Waals surface area contributed by atoms with E-state index in [4.69, 9.17) is 0 Å². The fourth-order valence-electron chi connectivity index (χ4n) is 4.26. The molecule has 1 amide bonds. The van der Waals surface area contributed by atoms with Crippen LogP contribution in [0.1, 0.15) is 44.9 Å². The zero-order chi connectivity index (χ0) is 19.9. The van der Waals surface area contributed by atoms with Crippen molar-refractivity contribution in [2.75, 3.05) is 24.5 Å². The molecular weight excluding hydrogens is 360 g/mol.